The smallest absolute Gasteiger partial charge is 0.337 e. The van der Waals surface area contributed by atoms with Crippen molar-refractivity contribution in [2.24, 2.45) is 0 Å². The fourth-order valence-corrected chi connectivity index (χ4v) is 4.77. The van der Waals surface area contributed by atoms with E-state index < -0.39 is 11.9 Å². The molecule has 0 unspecified atom stereocenters. The molecule has 0 aliphatic carbocycles. The van der Waals surface area contributed by atoms with Gasteiger partial charge in [0.1, 0.15) is 12.4 Å². The Morgan fingerprint density at radius 2 is 1.97 bits per heavy atom. The van der Waals surface area contributed by atoms with E-state index in [1.165, 1.54) is 20.1 Å². The van der Waals surface area contributed by atoms with Gasteiger partial charge in [-0.25, -0.2) is 4.79 Å². The molecule has 2 aromatic rings. The van der Waals surface area contributed by atoms with Gasteiger partial charge in [-0.1, -0.05) is 54.7 Å². The second kappa shape index (κ2) is 12.6. The predicted octanol–water partition coefficient (Wildman–Crippen LogP) is 4.69. The van der Waals surface area contributed by atoms with Crippen LogP contribution in [0.5, 0.6) is 5.75 Å². The molecule has 0 fully saturated rings. The molecule has 1 atom stereocenters. The van der Waals surface area contributed by atoms with Crippen LogP contribution in [0.3, 0.4) is 0 Å². The molecule has 0 saturated carbocycles. The SMILES string of the molecule is C=CCOC(=O)C1=C(C)NC(SCC(=O)Nc2cccc(C(C)=O)c2)=C(C#N)[C@@H]1c1ccccc1OC. The summed E-state index contributed by atoms with van der Waals surface area (Å²) < 4.78 is 10.8. The minimum atomic E-state index is -0.766. The average molecular weight is 518 g/mol. The van der Waals surface area contributed by atoms with Crippen LogP contribution >= 0.6 is 11.8 Å². The van der Waals surface area contributed by atoms with Crippen LogP contribution in [0, 0.1) is 11.3 Å². The molecule has 2 aromatic carbocycles. The van der Waals surface area contributed by atoms with Gasteiger partial charge in [-0.15, -0.1) is 0 Å². The Morgan fingerprint density at radius 3 is 2.65 bits per heavy atom. The summed E-state index contributed by atoms with van der Waals surface area (Å²) in [6.07, 6.45) is 1.47. The number of Topliss-reactive ketones (excluding diaryl/α,β-unsaturated/α-hetero) is 1. The first kappa shape index (κ1) is 27.3. The number of thioether (sulfide) groups is 1. The van der Waals surface area contributed by atoms with Crippen LogP contribution in [0.1, 0.15) is 35.7 Å². The van der Waals surface area contributed by atoms with Crippen molar-refractivity contribution in [3.05, 3.63) is 94.2 Å². The van der Waals surface area contributed by atoms with Crippen LogP contribution in [0.4, 0.5) is 5.69 Å². The molecule has 3 rings (SSSR count). The number of benzene rings is 2. The number of ketones is 1. The predicted molar refractivity (Wildman–Crippen MR) is 143 cm³/mol. The molecule has 190 valence electrons. The van der Waals surface area contributed by atoms with Gasteiger partial charge in [0.25, 0.3) is 0 Å². The van der Waals surface area contributed by atoms with Gasteiger partial charge in [-0.05, 0) is 32.0 Å². The number of para-hydroxylation sites is 1. The number of nitrogens with zero attached hydrogens (tertiary/aromatic N) is 1. The molecule has 0 bridgehead atoms. The number of ether oxygens (including phenoxy) is 2. The summed E-state index contributed by atoms with van der Waals surface area (Å²) in [5, 5.41) is 16.5. The lowest BCUT2D eigenvalue weighted by Gasteiger charge is -2.30. The van der Waals surface area contributed by atoms with Crippen molar-refractivity contribution >= 4 is 35.1 Å². The molecule has 8 nitrogen and oxygen atoms in total. The van der Waals surface area contributed by atoms with Gasteiger partial charge in [0, 0.05) is 22.5 Å². The quantitative estimate of drug-likeness (QED) is 0.265. The van der Waals surface area contributed by atoms with E-state index in [-0.39, 0.29) is 35.2 Å². The minimum Gasteiger partial charge on any atom is -0.496 e. The topological polar surface area (TPSA) is 118 Å². The Morgan fingerprint density at radius 1 is 1.22 bits per heavy atom. The number of nitriles is 1. The van der Waals surface area contributed by atoms with Gasteiger partial charge in [-0.3, -0.25) is 9.59 Å². The lowest BCUT2D eigenvalue weighted by molar-refractivity contribution is -0.138. The van der Waals surface area contributed by atoms with Crippen molar-refractivity contribution in [3.63, 3.8) is 0 Å². The molecule has 1 amide bonds. The van der Waals surface area contributed by atoms with E-state index in [0.717, 1.165) is 11.8 Å². The van der Waals surface area contributed by atoms with Crippen molar-refractivity contribution in [3.8, 4) is 11.8 Å². The van der Waals surface area contributed by atoms with E-state index in [4.69, 9.17) is 9.47 Å². The lowest BCUT2D eigenvalue weighted by Crippen LogP contribution is -2.29. The largest absolute Gasteiger partial charge is 0.496 e. The number of allylic oxidation sites excluding steroid dienone is 2. The highest BCUT2D eigenvalue weighted by atomic mass is 32.2. The molecule has 0 spiro atoms. The van der Waals surface area contributed by atoms with Gasteiger partial charge < -0.3 is 20.1 Å². The summed E-state index contributed by atoms with van der Waals surface area (Å²) in [7, 11) is 1.52. The average Bonchev–Trinajstić information content (AvgIpc) is 2.90. The summed E-state index contributed by atoms with van der Waals surface area (Å²) in [6, 6.07) is 16.0. The number of carbonyl (C=O) groups excluding carboxylic acids is 3. The third-order valence-corrected chi connectivity index (χ3v) is 6.57. The molecule has 2 N–H and O–H groups in total. The lowest BCUT2D eigenvalue weighted by atomic mass is 9.82. The third kappa shape index (κ3) is 6.48. The molecule has 0 saturated heterocycles. The Labute approximate surface area is 220 Å². The van der Waals surface area contributed by atoms with Gasteiger partial charge in [0.2, 0.25) is 5.91 Å². The fourth-order valence-electron chi connectivity index (χ4n) is 3.88. The van der Waals surface area contributed by atoms with E-state index in [1.807, 2.05) is 0 Å². The van der Waals surface area contributed by atoms with Crippen LogP contribution in [0.15, 0.2) is 83.1 Å². The van der Waals surface area contributed by atoms with Crippen LogP contribution < -0.4 is 15.4 Å². The Balaban J connectivity index is 1.92. The zero-order valence-electron chi connectivity index (χ0n) is 20.8. The van der Waals surface area contributed by atoms with Gasteiger partial charge in [-0.2, -0.15) is 5.26 Å². The van der Waals surface area contributed by atoms with E-state index in [2.05, 4.69) is 23.3 Å². The van der Waals surface area contributed by atoms with Crippen molar-refractivity contribution in [1.82, 2.24) is 5.32 Å². The van der Waals surface area contributed by atoms with Gasteiger partial charge >= 0.3 is 5.97 Å². The number of methoxy groups -OCH3 is 1. The number of nitrogens with one attached hydrogen (secondary N) is 2. The Kier molecular flexibility index (Phi) is 9.30. The molecular formula is C28H27N3O5S. The number of carbonyl (C=O) groups is 3. The summed E-state index contributed by atoms with van der Waals surface area (Å²) in [5.74, 6) is -1.27. The molecule has 1 aliphatic rings. The van der Waals surface area contributed by atoms with Crippen LogP contribution in [0.25, 0.3) is 0 Å². The van der Waals surface area contributed by atoms with Crippen LogP contribution in [-0.4, -0.2) is 37.1 Å². The normalized spacial score (nSPS) is 14.8. The number of esters is 1. The summed E-state index contributed by atoms with van der Waals surface area (Å²) in [5.41, 5.74) is 2.65. The summed E-state index contributed by atoms with van der Waals surface area (Å²) in [6.45, 7) is 6.77. The van der Waals surface area contributed by atoms with Crippen LogP contribution in [-0.2, 0) is 14.3 Å². The first-order valence-corrected chi connectivity index (χ1v) is 12.4. The Hall–Kier alpha value is -4.29. The maximum atomic E-state index is 13.0. The second-order valence-electron chi connectivity index (χ2n) is 8.05. The first-order chi connectivity index (χ1) is 17.8. The van der Waals surface area contributed by atoms with Crippen molar-refractivity contribution < 1.29 is 23.9 Å². The van der Waals surface area contributed by atoms with Crippen molar-refractivity contribution in [2.75, 3.05) is 24.8 Å². The highest BCUT2D eigenvalue weighted by Crippen LogP contribution is 2.43. The van der Waals surface area contributed by atoms with E-state index in [1.54, 1.807) is 55.5 Å². The molecule has 0 aromatic heterocycles. The second-order valence-corrected chi connectivity index (χ2v) is 9.04. The molecule has 37 heavy (non-hydrogen) atoms. The monoisotopic (exact) mass is 517 g/mol. The highest BCUT2D eigenvalue weighted by molar-refractivity contribution is 8.03. The zero-order valence-corrected chi connectivity index (χ0v) is 21.6. The Bertz CT molecular complexity index is 1340. The fraction of sp³-hybridized carbons (Fsp3) is 0.214. The summed E-state index contributed by atoms with van der Waals surface area (Å²) in [4.78, 5) is 37.3. The number of anilines is 1. The zero-order chi connectivity index (χ0) is 26.9. The number of hydrogen-bond acceptors (Lipinski definition) is 8. The van der Waals surface area contributed by atoms with Crippen LogP contribution in [0.2, 0.25) is 0 Å². The maximum Gasteiger partial charge on any atom is 0.337 e. The molecule has 1 aliphatic heterocycles. The minimum absolute atomic E-state index is 0.0139. The molecular weight excluding hydrogens is 490 g/mol. The van der Waals surface area contributed by atoms with E-state index in [0.29, 0.717) is 33.3 Å². The number of hydrogen-bond donors (Lipinski definition) is 2. The summed E-state index contributed by atoms with van der Waals surface area (Å²) >= 11 is 1.14. The molecule has 1 heterocycles. The van der Waals surface area contributed by atoms with Crippen molar-refractivity contribution in [1.29, 1.82) is 5.26 Å². The third-order valence-electron chi connectivity index (χ3n) is 5.55. The number of amides is 1. The van der Waals surface area contributed by atoms with E-state index >= 15 is 0 Å². The maximum absolute atomic E-state index is 13.0. The van der Waals surface area contributed by atoms with E-state index in [9.17, 15) is 19.6 Å². The molecule has 9 heteroatoms. The molecule has 0 radical (unpaired) electrons. The first-order valence-electron chi connectivity index (χ1n) is 11.4. The number of dihydropyridines is 1. The highest BCUT2D eigenvalue weighted by Gasteiger charge is 2.37. The van der Waals surface area contributed by atoms with Gasteiger partial charge in [0.15, 0.2) is 5.78 Å². The standard InChI is InChI=1S/C28H27N3O5S/c1-5-13-36-28(34)25-17(2)30-27(22(15-29)26(25)21-11-6-7-12-23(21)35-4)37-16-24(33)31-20-10-8-9-19(14-20)18(3)32/h5-12,14,26,30H,1,13,16H2,2-4H3,(H,31,33)/t26-/m0/s1. The van der Waals surface area contributed by atoms with Crippen molar-refractivity contribution in [2.45, 2.75) is 19.8 Å². The van der Waals surface area contributed by atoms with Gasteiger partial charge in [0.05, 0.1) is 41.0 Å². The number of rotatable bonds is 10.